The van der Waals surface area contributed by atoms with E-state index in [0.717, 1.165) is 17.4 Å². The summed E-state index contributed by atoms with van der Waals surface area (Å²) >= 11 is 0. The highest BCUT2D eigenvalue weighted by Crippen LogP contribution is 2.43. The summed E-state index contributed by atoms with van der Waals surface area (Å²) in [6, 6.07) is 8.91. The molecule has 0 radical (unpaired) electrons. The molecule has 5 nitrogen and oxygen atoms in total. The molecule has 3 aliphatic rings. The Morgan fingerprint density at radius 1 is 1.17 bits per heavy atom. The second-order valence-electron chi connectivity index (χ2n) is 7.42. The van der Waals surface area contributed by atoms with E-state index in [-0.39, 0.29) is 0 Å². The quantitative estimate of drug-likeness (QED) is 0.725. The highest BCUT2D eigenvalue weighted by atomic mass is 16.5. The first kappa shape index (κ1) is 14.2. The van der Waals surface area contributed by atoms with Crippen LogP contribution in [0, 0.1) is 5.92 Å². The lowest BCUT2D eigenvalue weighted by molar-refractivity contribution is 0.0403. The summed E-state index contributed by atoms with van der Waals surface area (Å²) in [6.07, 6.45) is 5.87. The number of para-hydroxylation sites is 1. The summed E-state index contributed by atoms with van der Waals surface area (Å²) in [5.41, 5.74) is 2.24. The van der Waals surface area contributed by atoms with Gasteiger partial charge in [-0.3, -0.25) is 0 Å². The summed E-state index contributed by atoms with van der Waals surface area (Å²) in [5, 5.41) is 5.49. The van der Waals surface area contributed by atoms with Crippen LogP contribution in [0.25, 0.3) is 22.3 Å². The maximum Gasteiger partial charge on any atom is 0.231 e. The van der Waals surface area contributed by atoms with Crippen LogP contribution in [0.2, 0.25) is 0 Å². The molecule has 6 rings (SSSR count). The summed E-state index contributed by atoms with van der Waals surface area (Å²) in [6.45, 7) is 1.21. The van der Waals surface area contributed by atoms with Gasteiger partial charge in [-0.15, -0.1) is 0 Å². The zero-order chi connectivity index (χ0) is 16.3. The van der Waals surface area contributed by atoms with Crippen LogP contribution in [-0.2, 0) is 7.05 Å². The van der Waals surface area contributed by atoms with Crippen LogP contribution >= 0.6 is 0 Å². The minimum absolute atomic E-state index is 0.388. The molecule has 0 N–H and O–H groups in total. The molecule has 2 saturated heterocycles. The van der Waals surface area contributed by atoms with Gasteiger partial charge < -0.3 is 14.0 Å². The molecular formula is C19H22N4O. The predicted octanol–water partition coefficient (Wildman–Crippen LogP) is 3.43. The van der Waals surface area contributed by atoms with Gasteiger partial charge in [-0.05, 0) is 38.3 Å². The van der Waals surface area contributed by atoms with Gasteiger partial charge in [0.15, 0.2) is 0 Å². The van der Waals surface area contributed by atoms with Gasteiger partial charge in [0.2, 0.25) is 11.7 Å². The van der Waals surface area contributed by atoms with Crippen LogP contribution in [0.3, 0.4) is 0 Å². The van der Waals surface area contributed by atoms with Crippen molar-refractivity contribution in [3.8, 4) is 11.4 Å². The molecule has 1 aliphatic carbocycles. The standard InChI is InChI=1S/C19H22N4O/c1-22-10-12-7-8-17(22)14(9-12)19-20-18(21-24-19)15-11-23(2)16-6-4-3-5-13(15)16/h3-6,11-12,14,17H,7-10H2,1-2H3/t12-,14-,17+/m0/s1. The Bertz CT molecular complexity index is 896. The Hall–Kier alpha value is -2.14. The molecular weight excluding hydrogens is 300 g/mol. The Labute approximate surface area is 141 Å². The van der Waals surface area contributed by atoms with Crippen molar-refractivity contribution in [2.45, 2.75) is 31.2 Å². The molecule has 0 amide bonds. The number of aromatic nitrogens is 3. The average Bonchev–Trinajstić information content (AvgIpc) is 3.21. The molecule has 2 aromatic heterocycles. The topological polar surface area (TPSA) is 47.1 Å². The predicted molar refractivity (Wildman–Crippen MR) is 92.7 cm³/mol. The number of nitrogens with zero attached hydrogens (tertiary/aromatic N) is 4. The van der Waals surface area contributed by atoms with E-state index in [4.69, 9.17) is 9.51 Å². The Morgan fingerprint density at radius 2 is 2.04 bits per heavy atom. The van der Waals surface area contributed by atoms with Crippen LogP contribution in [0.1, 0.15) is 31.1 Å². The van der Waals surface area contributed by atoms with Gasteiger partial charge in [-0.1, -0.05) is 23.4 Å². The third-order valence-corrected chi connectivity index (χ3v) is 5.93. The SMILES string of the molecule is CN1C[C@H]2CC[C@@H]1[C@@H](c1nc(-c3cn(C)c4ccccc34)no1)C2. The van der Waals surface area contributed by atoms with E-state index in [2.05, 4.69) is 59.2 Å². The third-order valence-electron chi connectivity index (χ3n) is 5.93. The largest absolute Gasteiger partial charge is 0.350 e. The highest BCUT2D eigenvalue weighted by molar-refractivity contribution is 5.94. The lowest BCUT2D eigenvalue weighted by atomic mass is 9.73. The first-order chi connectivity index (χ1) is 11.7. The van der Waals surface area contributed by atoms with Crippen molar-refractivity contribution in [1.82, 2.24) is 19.6 Å². The van der Waals surface area contributed by atoms with Gasteiger partial charge >= 0.3 is 0 Å². The van der Waals surface area contributed by atoms with Gasteiger partial charge in [-0.25, -0.2) is 0 Å². The highest BCUT2D eigenvalue weighted by Gasteiger charge is 2.42. The second kappa shape index (κ2) is 5.18. The Balaban J connectivity index is 1.53. The normalized spacial score (nSPS) is 27.2. The third kappa shape index (κ3) is 2.04. The molecule has 124 valence electrons. The molecule has 5 heteroatoms. The van der Waals surface area contributed by atoms with Crippen LogP contribution in [-0.4, -0.2) is 39.2 Å². The first-order valence-corrected chi connectivity index (χ1v) is 8.79. The lowest BCUT2D eigenvalue weighted by Crippen LogP contribution is -2.50. The average molecular weight is 322 g/mol. The Kier molecular flexibility index (Phi) is 3.07. The molecule has 1 saturated carbocycles. The fraction of sp³-hybridized carbons (Fsp3) is 0.474. The minimum atomic E-state index is 0.388. The number of aryl methyl sites for hydroxylation is 1. The molecule has 2 aliphatic heterocycles. The molecule has 1 aromatic carbocycles. The number of fused-ring (bicyclic) bond motifs is 4. The van der Waals surface area contributed by atoms with Crippen molar-refractivity contribution in [3.63, 3.8) is 0 Å². The lowest BCUT2D eigenvalue weighted by Gasteiger charge is -2.47. The van der Waals surface area contributed by atoms with Gasteiger partial charge in [0, 0.05) is 42.3 Å². The van der Waals surface area contributed by atoms with Crippen LogP contribution in [0.15, 0.2) is 35.0 Å². The molecule has 0 unspecified atom stereocenters. The van der Waals surface area contributed by atoms with E-state index in [1.165, 1.54) is 36.7 Å². The van der Waals surface area contributed by atoms with Gasteiger partial charge in [0.25, 0.3) is 0 Å². The van der Waals surface area contributed by atoms with Crippen molar-refractivity contribution in [1.29, 1.82) is 0 Å². The molecule has 2 bridgehead atoms. The summed E-state index contributed by atoms with van der Waals surface area (Å²) in [7, 11) is 4.28. The van der Waals surface area contributed by atoms with Gasteiger partial charge in [0.05, 0.1) is 5.92 Å². The molecule has 0 spiro atoms. The van der Waals surface area contributed by atoms with Crippen LogP contribution < -0.4 is 0 Å². The minimum Gasteiger partial charge on any atom is -0.350 e. The van der Waals surface area contributed by atoms with Gasteiger partial charge in [-0.2, -0.15) is 4.98 Å². The number of piperidine rings is 2. The van der Waals surface area contributed by atoms with Crippen LogP contribution in [0.5, 0.6) is 0 Å². The van der Waals surface area contributed by atoms with E-state index in [1.807, 2.05) is 0 Å². The Morgan fingerprint density at radius 3 is 2.88 bits per heavy atom. The fourth-order valence-corrected chi connectivity index (χ4v) is 4.76. The van der Waals surface area contributed by atoms with Crippen molar-refractivity contribution in [2.75, 3.05) is 13.6 Å². The van der Waals surface area contributed by atoms with E-state index in [1.54, 1.807) is 0 Å². The van der Waals surface area contributed by atoms with E-state index >= 15 is 0 Å². The first-order valence-electron chi connectivity index (χ1n) is 8.79. The molecule has 3 aromatic rings. The van der Waals surface area contributed by atoms with Crippen molar-refractivity contribution in [2.24, 2.45) is 13.0 Å². The summed E-state index contributed by atoms with van der Waals surface area (Å²) in [4.78, 5) is 7.28. The summed E-state index contributed by atoms with van der Waals surface area (Å²) < 4.78 is 7.84. The van der Waals surface area contributed by atoms with Crippen LogP contribution in [0.4, 0.5) is 0 Å². The number of hydrogen-bond acceptors (Lipinski definition) is 4. The molecule has 4 heterocycles. The van der Waals surface area contributed by atoms with E-state index < -0.39 is 0 Å². The number of hydrogen-bond donors (Lipinski definition) is 0. The van der Waals surface area contributed by atoms with E-state index in [0.29, 0.717) is 17.8 Å². The van der Waals surface area contributed by atoms with Crippen molar-refractivity contribution in [3.05, 3.63) is 36.4 Å². The molecule has 24 heavy (non-hydrogen) atoms. The second-order valence-corrected chi connectivity index (χ2v) is 7.42. The maximum atomic E-state index is 5.72. The fourth-order valence-electron chi connectivity index (χ4n) is 4.76. The molecule has 3 atom stereocenters. The number of likely N-dealkylation sites (N-methyl/N-ethyl adjacent to an activating group) is 1. The zero-order valence-electron chi connectivity index (χ0n) is 14.1. The van der Waals surface area contributed by atoms with Gasteiger partial charge in [0.1, 0.15) is 0 Å². The van der Waals surface area contributed by atoms with Crippen molar-refractivity contribution < 1.29 is 4.52 Å². The number of rotatable bonds is 2. The zero-order valence-corrected chi connectivity index (χ0v) is 14.1. The maximum absolute atomic E-state index is 5.72. The summed E-state index contributed by atoms with van der Waals surface area (Å²) in [5.74, 6) is 2.70. The van der Waals surface area contributed by atoms with Crippen molar-refractivity contribution >= 4 is 10.9 Å². The molecule has 3 fully saturated rings. The number of benzene rings is 1. The smallest absolute Gasteiger partial charge is 0.231 e. The van der Waals surface area contributed by atoms with E-state index in [9.17, 15) is 0 Å². The monoisotopic (exact) mass is 322 g/mol.